The second kappa shape index (κ2) is 8.39. The van der Waals surface area contributed by atoms with E-state index in [9.17, 15) is 4.39 Å². The standard InChI is InChI=1S/C18H22FNO2/c1-21-18-13-14(10-11-20)8-9-17(18)22-12-4-6-15-5-2-3-7-16(15)19/h2-3,5,7-9,13H,4,6,10-12,20H2,1H3. The molecule has 2 aromatic carbocycles. The van der Waals surface area contributed by atoms with Crippen molar-refractivity contribution in [1.82, 2.24) is 0 Å². The monoisotopic (exact) mass is 303 g/mol. The first-order valence-corrected chi connectivity index (χ1v) is 7.47. The number of halogens is 1. The van der Waals surface area contributed by atoms with Crippen LogP contribution in [0.1, 0.15) is 17.5 Å². The third-order valence-corrected chi connectivity index (χ3v) is 3.47. The van der Waals surface area contributed by atoms with E-state index in [2.05, 4.69) is 0 Å². The highest BCUT2D eigenvalue weighted by molar-refractivity contribution is 5.43. The van der Waals surface area contributed by atoms with Crippen molar-refractivity contribution in [2.75, 3.05) is 20.3 Å². The smallest absolute Gasteiger partial charge is 0.161 e. The molecule has 2 aromatic rings. The zero-order chi connectivity index (χ0) is 15.8. The summed E-state index contributed by atoms with van der Waals surface area (Å²) in [6.45, 7) is 1.12. The molecule has 0 radical (unpaired) electrons. The van der Waals surface area contributed by atoms with Crippen molar-refractivity contribution in [3.63, 3.8) is 0 Å². The van der Waals surface area contributed by atoms with E-state index in [0.717, 1.165) is 24.0 Å². The lowest BCUT2D eigenvalue weighted by Crippen LogP contribution is -2.04. The molecule has 0 amide bonds. The normalized spacial score (nSPS) is 10.5. The van der Waals surface area contributed by atoms with Crippen LogP contribution in [0.25, 0.3) is 0 Å². The van der Waals surface area contributed by atoms with Crippen LogP contribution in [0.3, 0.4) is 0 Å². The maximum Gasteiger partial charge on any atom is 0.161 e. The number of ether oxygens (including phenoxy) is 2. The van der Waals surface area contributed by atoms with Gasteiger partial charge in [0.25, 0.3) is 0 Å². The fraction of sp³-hybridized carbons (Fsp3) is 0.333. The molecule has 0 bridgehead atoms. The maximum atomic E-state index is 13.5. The average Bonchev–Trinajstić information content (AvgIpc) is 2.54. The minimum atomic E-state index is -0.161. The number of hydrogen-bond acceptors (Lipinski definition) is 3. The maximum absolute atomic E-state index is 13.5. The second-order valence-electron chi connectivity index (χ2n) is 5.07. The average molecular weight is 303 g/mol. The molecule has 0 spiro atoms. The van der Waals surface area contributed by atoms with Crippen LogP contribution < -0.4 is 15.2 Å². The second-order valence-corrected chi connectivity index (χ2v) is 5.07. The van der Waals surface area contributed by atoms with E-state index in [1.165, 1.54) is 6.07 Å². The van der Waals surface area contributed by atoms with Crippen LogP contribution in [-0.4, -0.2) is 20.3 Å². The molecule has 0 heterocycles. The van der Waals surface area contributed by atoms with Crippen LogP contribution in [0.5, 0.6) is 11.5 Å². The van der Waals surface area contributed by atoms with Gasteiger partial charge in [-0.2, -0.15) is 0 Å². The van der Waals surface area contributed by atoms with E-state index in [0.29, 0.717) is 31.1 Å². The molecular weight excluding hydrogens is 281 g/mol. The first-order chi connectivity index (χ1) is 10.7. The Balaban J connectivity index is 1.87. The van der Waals surface area contributed by atoms with Crippen molar-refractivity contribution in [1.29, 1.82) is 0 Å². The summed E-state index contributed by atoms with van der Waals surface area (Å²) in [7, 11) is 1.62. The van der Waals surface area contributed by atoms with Crippen LogP contribution in [0.15, 0.2) is 42.5 Å². The molecule has 2 N–H and O–H groups in total. The number of hydrogen-bond donors (Lipinski definition) is 1. The van der Waals surface area contributed by atoms with Gasteiger partial charge in [-0.3, -0.25) is 0 Å². The zero-order valence-corrected chi connectivity index (χ0v) is 12.8. The van der Waals surface area contributed by atoms with Crippen LogP contribution in [-0.2, 0) is 12.8 Å². The predicted octanol–water partition coefficient (Wildman–Crippen LogP) is 3.35. The van der Waals surface area contributed by atoms with Gasteiger partial charge in [-0.25, -0.2) is 4.39 Å². The molecular formula is C18H22FNO2. The van der Waals surface area contributed by atoms with Gasteiger partial charge in [0.05, 0.1) is 13.7 Å². The van der Waals surface area contributed by atoms with Gasteiger partial charge in [-0.05, 0) is 55.1 Å². The summed E-state index contributed by atoms with van der Waals surface area (Å²) in [5.41, 5.74) is 7.40. The van der Waals surface area contributed by atoms with Crippen LogP contribution >= 0.6 is 0 Å². The molecule has 0 aromatic heterocycles. The van der Waals surface area contributed by atoms with Gasteiger partial charge < -0.3 is 15.2 Å². The quantitative estimate of drug-likeness (QED) is 0.761. The summed E-state index contributed by atoms with van der Waals surface area (Å²) < 4.78 is 24.6. The zero-order valence-electron chi connectivity index (χ0n) is 12.8. The summed E-state index contributed by atoms with van der Waals surface area (Å²) in [6.07, 6.45) is 2.21. The Kier molecular flexibility index (Phi) is 6.22. The fourth-order valence-corrected chi connectivity index (χ4v) is 2.30. The summed E-state index contributed by atoms with van der Waals surface area (Å²) in [6, 6.07) is 12.7. The summed E-state index contributed by atoms with van der Waals surface area (Å²) in [5.74, 6) is 1.25. The van der Waals surface area contributed by atoms with Crippen molar-refractivity contribution in [2.45, 2.75) is 19.3 Å². The number of aryl methyl sites for hydroxylation is 1. The first-order valence-electron chi connectivity index (χ1n) is 7.47. The lowest BCUT2D eigenvalue weighted by atomic mass is 10.1. The van der Waals surface area contributed by atoms with E-state index >= 15 is 0 Å². The molecule has 22 heavy (non-hydrogen) atoms. The van der Waals surface area contributed by atoms with Crippen molar-refractivity contribution in [3.8, 4) is 11.5 Å². The van der Waals surface area contributed by atoms with Gasteiger partial charge in [0.2, 0.25) is 0 Å². The number of rotatable bonds is 8. The Morgan fingerprint density at radius 1 is 1.05 bits per heavy atom. The van der Waals surface area contributed by atoms with Gasteiger partial charge in [0.15, 0.2) is 11.5 Å². The molecule has 118 valence electrons. The highest BCUT2D eigenvalue weighted by atomic mass is 19.1. The Bertz CT molecular complexity index is 601. The van der Waals surface area contributed by atoms with Gasteiger partial charge >= 0.3 is 0 Å². The highest BCUT2D eigenvalue weighted by Crippen LogP contribution is 2.28. The van der Waals surface area contributed by atoms with Crippen molar-refractivity contribution in [3.05, 3.63) is 59.4 Å². The minimum Gasteiger partial charge on any atom is -0.493 e. The molecule has 0 unspecified atom stereocenters. The molecule has 0 saturated carbocycles. The number of nitrogens with two attached hydrogens (primary N) is 1. The molecule has 0 aliphatic rings. The molecule has 0 atom stereocenters. The summed E-state index contributed by atoms with van der Waals surface area (Å²) in [4.78, 5) is 0. The Labute approximate surface area is 130 Å². The molecule has 2 rings (SSSR count). The van der Waals surface area contributed by atoms with E-state index < -0.39 is 0 Å². The minimum absolute atomic E-state index is 0.161. The Morgan fingerprint density at radius 3 is 2.59 bits per heavy atom. The van der Waals surface area contributed by atoms with E-state index in [4.69, 9.17) is 15.2 Å². The Morgan fingerprint density at radius 2 is 1.86 bits per heavy atom. The molecule has 4 heteroatoms. The number of benzene rings is 2. The van der Waals surface area contributed by atoms with Gasteiger partial charge in [-0.15, -0.1) is 0 Å². The lowest BCUT2D eigenvalue weighted by Gasteiger charge is -2.12. The van der Waals surface area contributed by atoms with Gasteiger partial charge in [0.1, 0.15) is 5.82 Å². The molecule has 0 aliphatic heterocycles. The highest BCUT2D eigenvalue weighted by Gasteiger charge is 2.06. The molecule has 0 aliphatic carbocycles. The van der Waals surface area contributed by atoms with Crippen LogP contribution in [0.2, 0.25) is 0 Å². The fourth-order valence-electron chi connectivity index (χ4n) is 2.30. The first kappa shape index (κ1) is 16.3. The molecule has 3 nitrogen and oxygen atoms in total. The molecule has 0 saturated heterocycles. The van der Waals surface area contributed by atoms with E-state index in [1.807, 2.05) is 24.3 Å². The van der Waals surface area contributed by atoms with Crippen LogP contribution in [0, 0.1) is 5.82 Å². The van der Waals surface area contributed by atoms with Crippen molar-refractivity contribution in [2.24, 2.45) is 5.73 Å². The van der Waals surface area contributed by atoms with Crippen LogP contribution in [0.4, 0.5) is 4.39 Å². The molecule has 0 fully saturated rings. The summed E-state index contributed by atoms with van der Waals surface area (Å²) in [5, 5.41) is 0. The Hall–Kier alpha value is -2.07. The van der Waals surface area contributed by atoms with Gasteiger partial charge in [0, 0.05) is 0 Å². The van der Waals surface area contributed by atoms with Gasteiger partial charge in [-0.1, -0.05) is 24.3 Å². The SMILES string of the molecule is COc1cc(CCN)ccc1OCCCc1ccccc1F. The van der Waals surface area contributed by atoms with E-state index in [-0.39, 0.29) is 5.82 Å². The van der Waals surface area contributed by atoms with Crippen molar-refractivity contribution < 1.29 is 13.9 Å². The lowest BCUT2D eigenvalue weighted by molar-refractivity contribution is 0.289. The third kappa shape index (κ3) is 4.46. The topological polar surface area (TPSA) is 44.5 Å². The summed E-state index contributed by atoms with van der Waals surface area (Å²) >= 11 is 0. The number of methoxy groups -OCH3 is 1. The largest absolute Gasteiger partial charge is 0.493 e. The third-order valence-electron chi connectivity index (χ3n) is 3.47. The van der Waals surface area contributed by atoms with E-state index in [1.54, 1.807) is 19.2 Å². The predicted molar refractivity (Wildman–Crippen MR) is 86.0 cm³/mol. The van der Waals surface area contributed by atoms with Crippen molar-refractivity contribution >= 4 is 0 Å².